The van der Waals surface area contributed by atoms with Gasteiger partial charge in [-0.25, -0.2) is 0 Å². The van der Waals surface area contributed by atoms with Crippen LogP contribution in [0.4, 0.5) is 0 Å². The van der Waals surface area contributed by atoms with Gasteiger partial charge in [0.2, 0.25) is 0 Å². The number of phenolic OH excluding ortho intramolecular Hbond substituents is 1. The fraction of sp³-hybridized carbons (Fsp3) is 0.500. The largest absolute Gasteiger partial charge is 0.507 e. The number of ether oxygens (including phenoxy) is 2. The molecule has 0 heterocycles. The molecule has 0 aliphatic carbocycles. The Balaban J connectivity index is 3.01. The van der Waals surface area contributed by atoms with Gasteiger partial charge in [0.05, 0.1) is 13.7 Å². The van der Waals surface area contributed by atoms with Gasteiger partial charge < -0.3 is 20.3 Å². The highest BCUT2D eigenvalue weighted by atomic mass is 16.5. The number of carbonyl (C=O) groups is 1. The minimum Gasteiger partial charge on any atom is -0.507 e. The van der Waals surface area contributed by atoms with Crippen molar-refractivity contribution in [3.8, 4) is 11.5 Å². The van der Waals surface area contributed by atoms with Gasteiger partial charge >= 0.3 is 5.97 Å². The van der Waals surface area contributed by atoms with Gasteiger partial charge in [0.15, 0.2) is 0 Å². The third-order valence-electron chi connectivity index (χ3n) is 3.15. The number of nitrogens with two attached hydrogens (primary N) is 1. The molecule has 0 saturated heterocycles. The number of hydrogen-bond donors (Lipinski definition) is 2. The molecule has 0 saturated carbocycles. The molecule has 19 heavy (non-hydrogen) atoms. The highest BCUT2D eigenvalue weighted by Crippen LogP contribution is 2.33. The van der Waals surface area contributed by atoms with E-state index in [9.17, 15) is 9.90 Å². The van der Waals surface area contributed by atoms with E-state index in [1.165, 1.54) is 0 Å². The molecule has 5 nitrogen and oxygen atoms in total. The number of esters is 1. The lowest BCUT2D eigenvalue weighted by atomic mass is 9.98. The smallest absolute Gasteiger partial charge is 0.323 e. The van der Waals surface area contributed by atoms with E-state index in [4.69, 9.17) is 15.2 Å². The van der Waals surface area contributed by atoms with Crippen LogP contribution in [-0.4, -0.2) is 30.8 Å². The van der Waals surface area contributed by atoms with Crippen molar-refractivity contribution in [1.29, 1.82) is 0 Å². The number of hydrogen-bond acceptors (Lipinski definition) is 5. The molecule has 1 unspecified atom stereocenters. The molecule has 1 rings (SSSR count). The Kier molecular flexibility index (Phi) is 5.18. The average molecular weight is 267 g/mol. The molecule has 0 aliphatic heterocycles. The third-order valence-corrected chi connectivity index (χ3v) is 3.15. The van der Waals surface area contributed by atoms with E-state index in [1.807, 2.05) is 6.92 Å². The van der Waals surface area contributed by atoms with Crippen LogP contribution < -0.4 is 10.5 Å². The molecule has 5 heteroatoms. The molecule has 0 radical (unpaired) electrons. The topological polar surface area (TPSA) is 81.8 Å². The zero-order chi connectivity index (χ0) is 14.6. The van der Waals surface area contributed by atoms with Crippen LogP contribution in [0.5, 0.6) is 11.5 Å². The third kappa shape index (κ3) is 3.38. The van der Waals surface area contributed by atoms with Crippen molar-refractivity contribution in [3.63, 3.8) is 0 Å². The monoisotopic (exact) mass is 267 g/mol. The van der Waals surface area contributed by atoms with E-state index < -0.39 is 12.0 Å². The van der Waals surface area contributed by atoms with Crippen molar-refractivity contribution in [2.75, 3.05) is 13.7 Å². The van der Waals surface area contributed by atoms with Gasteiger partial charge in [-0.2, -0.15) is 0 Å². The lowest BCUT2D eigenvalue weighted by molar-refractivity contribution is -0.144. The van der Waals surface area contributed by atoms with E-state index in [0.29, 0.717) is 11.3 Å². The fourth-order valence-corrected chi connectivity index (χ4v) is 1.88. The first kappa shape index (κ1) is 15.3. The Bertz CT molecular complexity index is 471. The molecule has 0 amide bonds. The normalized spacial score (nSPS) is 12.1. The van der Waals surface area contributed by atoms with Crippen LogP contribution in [0.2, 0.25) is 0 Å². The van der Waals surface area contributed by atoms with E-state index in [1.54, 1.807) is 27.0 Å². The summed E-state index contributed by atoms with van der Waals surface area (Å²) in [6, 6.07) is 0.911. The standard InChI is InChI=1S/C14H21NO4/c1-5-19-14(17)11(15)6-10-7-12(18-4)8(2)9(3)13(10)16/h7,11,16H,5-6,15H2,1-4H3. The van der Waals surface area contributed by atoms with Gasteiger partial charge in [-0.1, -0.05) is 0 Å². The highest BCUT2D eigenvalue weighted by Gasteiger charge is 2.19. The number of rotatable bonds is 5. The average Bonchev–Trinajstić information content (AvgIpc) is 2.39. The summed E-state index contributed by atoms with van der Waals surface area (Å²) >= 11 is 0. The molecule has 0 bridgehead atoms. The van der Waals surface area contributed by atoms with Gasteiger partial charge in [-0.15, -0.1) is 0 Å². The van der Waals surface area contributed by atoms with Gasteiger partial charge in [0.25, 0.3) is 0 Å². The van der Waals surface area contributed by atoms with Gasteiger partial charge in [0, 0.05) is 6.42 Å². The highest BCUT2D eigenvalue weighted by molar-refractivity contribution is 5.76. The fourth-order valence-electron chi connectivity index (χ4n) is 1.88. The summed E-state index contributed by atoms with van der Waals surface area (Å²) in [5, 5.41) is 10.1. The van der Waals surface area contributed by atoms with Crippen LogP contribution in [0.15, 0.2) is 6.07 Å². The maximum absolute atomic E-state index is 11.5. The molecule has 106 valence electrons. The van der Waals surface area contributed by atoms with Crippen molar-refractivity contribution in [3.05, 3.63) is 22.8 Å². The maximum atomic E-state index is 11.5. The summed E-state index contributed by atoms with van der Waals surface area (Å²) in [7, 11) is 1.56. The summed E-state index contributed by atoms with van der Waals surface area (Å²) in [6.45, 7) is 5.67. The minimum atomic E-state index is -0.794. The second-order valence-electron chi connectivity index (χ2n) is 4.40. The first-order valence-corrected chi connectivity index (χ1v) is 6.20. The van der Waals surface area contributed by atoms with Crippen LogP contribution in [0.1, 0.15) is 23.6 Å². The lowest BCUT2D eigenvalue weighted by Crippen LogP contribution is -2.34. The minimum absolute atomic E-state index is 0.151. The van der Waals surface area contributed by atoms with E-state index >= 15 is 0 Å². The quantitative estimate of drug-likeness (QED) is 0.789. The van der Waals surface area contributed by atoms with E-state index in [-0.39, 0.29) is 18.8 Å². The maximum Gasteiger partial charge on any atom is 0.323 e. The molecule has 1 aromatic carbocycles. The summed E-state index contributed by atoms with van der Waals surface area (Å²) in [5.41, 5.74) is 7.94. The van der Waals surface area contributed by atoms with Crippen molar-refractivity contribution in [2.24, 2.45) is 5.73 Å². The second-order valence-corrected chi connectivity index (χ2v) is 4.40. The molecule has 1 atom stereocenters. The molecule has 0 aliphatic rings. The number of aromatic hydroxyl groups is 1. The zero-order valence-corrected chi connectivity index (χ0v) is 11.8. The summed E-state index contributed by atoms with van der Waals surface area (Å²) in [5.74, 6) is 0.346. The second kappa shape index (κ2) is 6.43. The lowest BCUT2D eigenvalue weighted by Gasteiger charge is -2.16. The van der Waals surface area contributed by atoms with Crippen LogP contribution in [0.3, 0.4) is 0 Å². The van der Waals surface area contributed by atoms with Gasteiger partial charge in [0.1, 0.15) is 17.5 Å². The molecule has 3 N–H and O–H groups in total. The van der Waals surface area contributed by atoms with Crippen molar-refractivity contribution in [1.82, 2.24) is 0 Å². The SMILES string of the molecule is CCOC(=O)C(N)Cc1cc(OC)c(C)c(C)c1O. The summed E-state index contributed by atoms with van der Waals surface area (Å²) in [4.78, 5) is 11.5. The molecule has 0 spiro atoms. The van der Waals surface area contributed by atoms with Crippen LogP contribution >= 0.6 is 0 Å². The molecular formula is C14H21NO4. The van der Waals surface area contributed by atoms with Crippen molar-refractivity contribution >= 4 is 5.97 Å². The van der Waals surface area contributed by atoms with E-state index in [2.05, 4.69) is 0 Å². The molecule has 0 aromatic heterocycles. The number of methoxy groups -OCH3 is 1. The zero-order valence-electron chi connectivity index (χ0n) is 11.8. The van der Waals surface area contributed by atoms with Crippen LogP contribution in [-0.2, 0) is 16.0 Å². The number of carbonyl (C=O) groups excluding carboxylic acids is 1. The van der Waals surface area contributed by atoms with Gasteiger partial charge in [-0.05, 0) is 43.5 Å². The van der Waals surface area contributed by atoms with Gasteiger partial charge in [-0.3, -0.25) is 4.79 Å². The number of phenols is 1. The Morgan fingerprint density at radius 1 is 1.42 bits per heavy atom. The predicted molar refractivity (Wildman–Crippen MR) is 72.4 cm³/mol. The van der Waals surface area contributed by atoms with Crippen molar-refractivity contribution in [2.45, 2.75) is 33.2 Å². The Morgan fingerprint density at radius 2 is 2.05 bits per heavy atom. The van der Waals surface area contributed by atoms with Crippen molar-refractivity contribution < 1.29 is 19.4 Å². The Labute approximate surface area is 113 Å². The summed E-state index contributed by atoms with van der Waals surface area (Å²) < 4.78 is 10.1. The van der Waals surface area contributed by atoms with Crippen LogP contribution in [0.25, 0.3) is 0 Å². The molecule has 0 fully saturated rings. The first-order valence-electron chi connectivity index (χ1n) is 6.20. The molecule has 1 aromatic rings. The predicted octanol–water partition coefficient (Wildman–Crippen LogP) is 1.45. The Morgan fingerprint density at radius 3 is 2.58 bits per heavy atom. The van der Waals surface area contributed by atoms with Crippen LogP contribution in [0, 0.1) is 13.8 Å². The Hall–Kier alpha value is -1.75. The van der Waals surface area contributed by atoms with E-state index in [0.717, 1.165) is 11.1 Å². The molecular weight excluding hydrogens is 246 g/mol. The number of benzene rings is 1. The summed E-state index contributed by atoms with van der Waals surface area (Å²) in [6.07, 6.45) is 0.210. The first-order chi connectivity index (χ1) is 8.92.